The van der Waals surface area contributed by atoms with Gasteiger partial charge in [-0.15, -0.1) is 0 Å². The first-order valence-corrected chi connectivity index (χ1v) is 9.48. The van der Waals surface area contributed by atoms with Crippen molar-refractivity contribution in [2.45, 2.75) is 13.0 Å². The molecule has 1 heterocycles. The number of methoxy groups -OCH3 is 1. The van der Waals surface area contributed by atoms with E-state index in [-0.39, 0.29) is 18.4 Å². The standard InChI is InChI=1S/C23H21NO6/c1-14(15-7-8-19-21(10-15)30-13-29-19)24-22(25)12-28-23(26)18-9-16-5-3-4-6-17(16)11-20(18)27-2/h3-11,14H,12-13H2,1-2H3,(H,24,25). The first-order chi connectivity index (χ1) is 14.5. The Kier molecular flexibility index (Phi) is 5.43. The number of rotatable bonds is 6. The molecular weight excluding hydrogens is 386 g/mol. The average molecular weight is 407 g/mol. The zero-order valence-corrected chi connectivity index (χ0v) is 16.6. The SMILES string of the molecule is COc1cc2ccccc2cc1C(=O)OCC(=O)NC(C)c1ccc2c(c1)OCO2. The summed E-state index contributed by atoms with van der Waals surface area (Å²) in [5.41, 5.74) is 1.13. The van der Waals surface area contributed by atoms with E-state index >= 15 is 0 Å². The molecule has 1 amide bonds. The lowest BCUT2D eigenvalue weighted by Gasteiger charge is -2.15. The lowest BCUT2D eigenvalue weighted by atomic mass is 10.1. The minimum atomic E-state index is -0.622. The lowest BCUT2D eigenvalue weighted by molar-refractivity contribution is -0.124. The maximum Gasteiger partial charge on any atom is 0.342 e. The number of carbonyl (C=O) groups excluding carboxylic acids is 2. The van der Waals surface area contributed by atoms with Gasteiger partial charge in [0.05, 0.1) is 13.2 Å². The van der Waals surface area contributed by atoms with Crippen molar-refractivity contribution in [2.24, 2.45) is 0 Å². The normalized spacial score (nSPS) is 13.0. The third-order valence-electron chi connectivity index (χ3n) is 4.90. The van der Waals surface area contributed by atoms with Gasteiger partial charge < -0.3 is 24.3 Å². The molecule has 0 aromatic heterocycles. The largest absolute Gasteiger partial charge is 0.496 e. The zero-order valence-electron chi connectivity index (χ0n) is 16.6. The number of benzene rings is 3. The Morgan fingerprint density at radius 2 is 1.77 bits per heavy atom. The van der Waals surface area contributed by atoms with Crippen molar-refractivity contribution in [3.8, 4) is 17.2 Å². The van der Waals surface area contributed by atoms with Crippen molar-refractivity contribution in [2.75, 3.05) is 20.5 Å². The first kappa shape index (κ1) is 19.6. The van der Waals surface area contributed by atoms with Crippen LogP contribution in [0.2, 0.25) is 0 Å². The molecule has 1 N–H and O–H groups in total. The lowest BCUT2D eigenvalue weighted by Crippen LogP contribution is -2.31. The van der Waals surface area contributed by atoms with E-state index in [0.29, 0.717) is 17.2 Å². The molecule has 4 rings (SSSR count). The van der Waals surface area contributed by atoms with Gasteiger partial charge in [-0.3, -0.25) is 4.79 Å². The van der Waals surface area contributed by atoms with Crippen LogP contribution >= 0.6 is 0 Å². The molecule has 1 unspecified atom stereocenters. The maximum atomic E-state index is 12.5. The highest BCUT2D eigenvalue weighted by Crippen LogP contribution is 2.34. The number of esters is 1. The van der Waals surface area contributed by atoms with E-state index in [2.05, 4.69) is 5.32 Å². The summed E-state index contributed by atoms with van der Waals surface area (Å²) >= 11 is 0. The molecule has 30 heavy (non-hydrogen) atoms. The smallest absolute Gasteiger partial charge is 0.342 e. The summed E-state index contributed by atoms with van der Waals surface area (Å²) in [6, 6.07) is 16.3. The summed E-state index contributed by atoms with van der Waals surface area (Å²) in [6.07, 6.45) is 0. The van der Waals surface area contributed by atoms with Crippen molar-refractivity contribution in [3.05, 3.63) is 65.7 Å². The molecule has 0 fully saturated rings. The summed E-state index contributed by atoms with van der Waals surface area (Å²) in [6.45, 7) is 1.63. The quantitative estimate of drug-likeness (QED) is 0.629. The number of hydrogen-bond acceptors (Lipinski definition) is 6. The molecule has 1 atom stereocenters. The highest BCUT2D eigenvalue weighted by atomic mass is 16.7. The van der Waals surface area contributed by atoms with E-state index in [9.17, 15) is 9.59 Å². The van der Waals surface area contributed by atoms with Crippen LogP contribution in [-0.4, -0.2) is 32.4 Å². The maximum absolute atomic E-state index is 12.5. The minimum Gasteiger partial charge on any atom is -0.496 e. The van der Waals surface area contributed by atoms with Crippen molar-refractivity contribution in [3.63, 3.8) is 0 Å². The Morgan fingerprint density at radius 3 is 2.53 bits per heavy atom. The van der Waals surface area contributed by atoms with Crippen LogP contribution in [0.25, 0.3) is 10.8 Å². The molecule has 0 saturated carbocycles. The van der Waals surface area contributed by atoms with E-state index < -0.39 is 18.5 Å². The van der Waals surface area contributed by atoms with E-state index in [1.807, 2.05) is 43.3 Å². The third kappa shape index (κ3) is 4.00. The van der Waals surface area contributed by atoms with Gasteiger partial charge in [-0.25, -0.2) is 4.79 Å². The molecule has 1 aliphatic rings. The fraction of sp³-hybridized carbons (Fsp3) is 0.217. The monoisotopic (exact) mass is 407 g/mol. The van der Waals surface area contributed by atoms with Crippen LogP contribution in [0.4, 0.5) is 0 Å². The van der Waals surface area contributed by atoms with Crippen LogP contribution in [0.1, 0.15) is 28.9 Å². The number of hydrogen-bond donors (Lipinski definition) is 1. The average Bonchev–Trinajstić information content (AvgIpc) is 3.24. The van der Waals surface area contributed by atoms with Crippen LogP contribution in [0.3, 0.4) is 0 Å². The molecular formula is C23H21NO6. The van der Waals surface area contributed by atoms with E-state index in [4.69, 9.17) is 18.9 Å². The molecule has 0 saturated heterocycles. The van der Waals surface area contributed by atoms with Gasteiger partial charge in [0.15, 0.2) is 18.1 Å². The predicted octanol–water partition coefficient (Wildman–Crippen LogP) is 3.61. The van der Waals surface area contributed by atoms with E-state index in [1.54, 1.807) is 18.2 Å². The second-order valence-electron chi connectivity index (χ2n) is 6.88. The number of ether oxygens (including phenoxy) is 4. The summed E-state index contributed by atoms with van der Waals surface area (Å²) in [5.74, 6) is 0.684. The van der Waals surface area contributed by atoms with Crippen LogP contribution in [-0.2, 0) is 9.53 Å². The number of carbonyl (C=O) groups is 2. The molecule has 0 spiro atoms. The van der Waals surface area contributed by atoms with Gasteiger partial charge in [-0.05, 0) is 47.5 Å². The summed E-state index contributed by atoms with van der Waals surface area (Å²) in [4.78, 5) is 24.8. The van der Waals surface area contributed by atoms with Gasteiger partial charge >= 0.3 is 5.97 Å². The Balaban J connectivity index is 1.39. The van der Waals surface area contributed by atoms with Crippen LogP contribution in [0, 0.1) is 0 Å². The Bertz CT molecular complexity index is 1110. The van der Waals surface area contributed by atoms with Gasteiger partial charge in [0.2, 0.25) is 6.79 Å². The van der Waals surface area contributed by atoms with Gasteiger partial charge in [-0.2, -0.15) is 0 Å². The summed E-state index contributed by atoms with van der Waals surface area (Å²) in [5, 5.41) is 4.63. The zero-order chi connectivity index (χ0) is 21.1. The second kappa shape index (κ2) is 8.32. The summed E-state index contributed by atoms with van der Waals surface area (Å²) in [7, 11) is 1.49. The Labute approximate surface area is 173 Å². The number of nitrogens with one attached hydrogen (secondary N) is 1. The summed E-state index contributed by atoms with van der Waals surface area (Å²) < 4.78 is 21.2. The van der Waals surface area contributed by atoms with Crippen LogP contribution < -0.4 is 19.5 Å². The molecule has 7 nitrogen and oxygen atoms in total. The molecule has 3 aromatic carbocycles. The van der Waals surface area contributed by atoms with Crippen molar-refractivity contribution in [1.29, 1.82) is 0 Å². The van der Waals surface area contributed by atoms with Crippen molar-refractivity contribution >= 4 is 22.6 Å². The fourth-order valence-corrected chi connectivity index (χ4v) is 3.31. The molecule has 7 heteroatoms. The van der Waals surface area contributed by atoms with Gasteiger partial charge in [0.25, 0.3) is 5.91 Å². The molecule has 154 valence electrons. The van der Waals surface area contributed by atoms with Gasteiger partial charge in [0, 0.05) is 0 Å². The highest BCUT2D eigenvalue weighted by molar-refractivity contribution is 5.99. The van der Waals surface area contributed by atoms with Crippen molar-refractivity contribution in [1.82, 2.24) is 5.32 Å². The minimum absolute atomic E-state index is 0.188. The van der Waals surface area contributed by atoms with Crippen LogP contribution in [0.15, 0.2) is 54.6 Å². The van der Waals surface area contributed by atoms with Gasteiger partial charge in [-0.1, -0.05) is 30.3 Å². The highest BCUT2D eigenvalue weighted by Gasteiger charge is 2.19. The fourth-order valence-electron chi connectivity index (χ4n) is 3.31. The third-order valence-corrected chi connectivity index (χ3v) is 4.90. The molecule has 0 bridgehead atoms. The topological polar surface area (TPSA) is 83.1 Å². The van der Waals surface area contributed by atoms with Crippen LogP contribution in [0.5, 0.6) is 17.2 Å². The Morgan fingerprint density at radius 1 is 1.03 bits per heavy atom. The molecule has 1 aliphatic heterocycles. The van der Waals surface area contributed by atoms with Gasteiger partial charge in [0.1, 0.15) is 11.3 Å². The van der Waals surface area contributed by atoms with E-state index in [1.165, 1.54) is 7.11 Å². The number of fused-ring (bicyclic) bond motifs is 2. The Hall–Kier alpha value is -3.74. The molecule has 0 radical (unpaired) electrons. The molecule has 3 aromatic rings. The van der Waals surface area contributed by atoms with Crippen molar-refractivity contribution < 1.29 is 28.5 Å². The predicted molar refractivity (Wildman–Crippen MR) is 110 cm³/mol. The first-order valence-electron chi connectivity index (χ1n) is 9.48. The second-order valence-corrected chi connectivity index (χ2v) is 6.88. The number of amides is 1. The molecule has 0 aliphatic carbocycles. The van der Waals surface area contributed by atoms with E-state index in [0.717, 1.165) is 16.3 Å².